The molecular formula is C15H31NO5. The molecule has 1 N–H and O–H groups in total. The summed E-state index contributed by atoms with van der Waals surface area (Å²) in [4.78, 5) is 24.5. The third-order valence-electron chi connectivity index (χ3n) is 2.38. The zero-order valence-corrected chi connectivity index (χ0v) is 14.6. The summed E-state index contributed by atoms with van der Waals surface area (Å²) < 4.78 is 9.76. The molecule has 6 nitrogen and oxygen atoms in total. The maximum atomic E-state index is 11.8. The predicted octanol–water partition coefficient (Wildman–Crippen LogP) is 2.58. The zero-order chi connectivity index (χ0) is 17.2. The molecule has 1 unspecified atom stereocenters. The summed E-state index contributed by atoms with van der Waals surface area (Å²) in [5.41, 5.74) is -0.634. The van der Waals surface area contributed by atoms with Crippen molar-refractivity contribution in [1.82, 2.24) is 4.90 Å². The van der Waals surface area contributed by atoms with Crippen LogP contribution in [0.25, 0.3) is 0 Å². The quantitative estimate of drug-likeness (QED) is 0.754. The average molecular weight is 305 g/mol. The molecule has 1 aliphatic heterocycles. The molecule has 1 amide bonds. The van der Waals surface area contributed by atoms with E-state index in [1.165, 1.54) is 12.0 Å². The van der Waals surface area contributed by atoms with Crippen LogP contribution in [0.15, 0.2) is 0 Å². The van der Waals surface area contributed by atoms with Gasteiger partial charge >= 0.3 is 12.1 Å². The molecule has 0 bridgehead atoms. The minimum Gasteiger partial charge on any atom is -0.467 e. The number of aliphatic hydroxyl groups excluding tert-OH is 1. The molecule has 1 aliphatic rings. The van der Waals surface area contributed by atoms with Crippen molar-refractivity contribution in [2.24, 2.45) is 0 Å². The molecule has 2 atom stereocenters. The van der Waals surface area contributed by atoms with E-state index in [-0.39, 0.29) is 13.0 Å². The van der Waals surface area contributed by atoms with Gasteiger partial charge in [-0.3, -0.25) is 4.90 Å². The summed E-state index contributed by atoms with van der Waals surface area (Å²) in [6, 6.07) is -0.759. The lowest BCUT2D eigenvalue weighted by molar-refractivity contribution is -0.145. The summed E-state index contributed by atoms with van der Waals surface area (Å²) in [5.74, 6) is -0.535. The van der Waals surface area contributed by atoms with Crippen LogP contribution in [0.2, 0.25) is 0 Å². The molecule has 6 heteroatoms. The number of ether oxygens (including phenoxy) is 2. The lowest BCUT2D eigenvalue weighted by Crippen LogP contribution is -2.43. The summed E-state index contributed by atoms with van der Waals surface area (Å²) in [7, 11) is 1.25. The van der Waals surface area contributed by atoms with E-state index < -0.39 is 29.8 Å². The highest BCUT2D eigenvalue weighted by Crippen LogP contribution is 2.22. The van der Waals surface area contributed by atoms with Gasteiger partial charge in [0, 0.05) is 6.42 Å². The Bertz CT molecular complexity index is 312. The van der Waals surface area contributed by atoms with Gasteiger partial charge in [0.1, 0.15) is 11.6 Å². The maximum absolute atomic E-state index is 11.8. The molecule has 0 aromatic heterocycles. The van der Waals surface area contributed by atoms with Gasteiger partial charge in [0.05, 0.1) is 19.8 Å². The first kappa shape index (κ1) is 22.0. The average Bonchev–Trinajstić information content (AvgIpc) is 2.83. The Labute approximate surface area is 128 Å². The summed E-state index contributed by atoms with van der Waals surface area (Å²) in [6.07, 6.45) is -1.14. The molecule has 0 saturated carbocycles. The number of rotatable bonds is 1. The number of hydrogen-bond donors (Lipinski definition) is 1. The molecule has 0 aromatic carbocycles. The van der Waals surface area contributed by atoms with Gasteiger partial charge in [-0.2, -0.15) is 0 Å². The van der Waals surface area contributed by atoms with Gasteiger partial charge in [0.15, 0.2) is 0 Å². The Morgan fingerprint density at radius 1 is 1.14 bits per heavy atom. The van der Waals surface area contributed by atoms with Crippen LogP contribution in [0.1, 0.15) is 54.9 Å². The van der Waals surface area contributed by atoms with Gasteiger partial charge in [-0.05, 0) is 20.8 Å². The van der Waals surface area contributed by atoms with E-state index >= 15 is 0 Å². The molecular weight excluding hydrogens is 274 g/mol. The number of β-amino-alcohol motifs (C(OH)–C–C–N with tert-alkyl or cyclic N) is 1. The number of carbonyl (C=O) groups excluding carboxylic acids is 2. The van der Waals surface area contributed by atoms with Crippen LogP contribution < -0.4 is 0 Å². The van der Waals surface area contributed by atoms with E-state index in [1.807, 2.05) is 27.7 Å². The standard InChI is InChI=1S/C11H19NO5.2C2H6/c1-11(2,3)17-10(15)12-6-7(13)5-8(12)9(14)16-4;2*1-2/h7-8,13H,5-6H2,1-4H3;2*1-2H3/t7?,8-;;/m0../s1. The van der Waals surface area contributed by atoms with E-state index in [2.05, 4.69) is 4.74 Å². The highest BCUT2D eigenvalue weighted by Gasteiger charge is 2.41. The van der Waals surface area contributed by atoms with Gasteiger partial charge in [0.25, 0.3) is 0 Å². The summed E-state index contributed by atoms with van der Waals surface area (Å²) in [6.45, 7) is 13.3. The molecule has 0 radical (unpaired) electrons. The minimum absolute atomic E-state index is 0.0919. The van der Waals surface area contributed by atoms with Crippen molar-refractivity contribution in [2.45, 2.75) is 72.6 Å². The Hall–Kier alpha value is -1.30. The van der Waals surface area contributed by atoms with Crippen LogP contribution in [-0.2, 0) is 14.3 Å². The van der Waals surface area contributed by atoms with E-state index in [1.54, 1.807) is 20.8 Å². The summed E-state index contributed by atoms with van der Waals surface area (Å²) in [5, 5.41) is 9.50. The fourth-order valence-electron chi connectivity index (χ4n) is 1.70. The lowest BCUT2D eigenvalue weighted by Gasteiger charge is -2.27. The number of amides is 1. The van der Waals surface area contributed by atoms with Gasteiger partial charge in [-0.1, -0.05) is 27.7 Å². The number of carbonyl (C=O) groups is 2. The summed E-state index contributed by atoms with van der Waals surface area (Å²) >= 11 is 0. The van der Waals surface area contributed by atoms with Crippen molar-refractivity contribution in [3.05, 3.63) is 0 Å². The van der Waals surface area contributed by atoms with Gasteiger partial charge in [-0.15, -0.1) is 0 Å². The number of hydrogen-bond acceptors (Lipinski definition) is 5. The third-order valence-corrected chi connectivity index (χ3v) is 2.38. The first-order valence-electron chi connectivity index (χ1n) is 7.50. The molecule has 21 heavy (non-hydrogen) atoms. The maximum Gasteiger partial charge on any atom is 0.411 e. The predicted molar refractivity (Wildman–Crippen MR) is 82.1 cm³/mol. The molecule has 0 aliphatic carbocycles. The largest absolute Gasteiger partial charge is 0.467 e. The van der Waals surface area contributed by atoms with Crippen molar-refractivity contribution in [3.63, 3.8) is 0 Å². The van der Waals surface area contributed by atoms with Crippen LogP contribution in [0.5, 0.6) is 0 Å². The minimum atomic E-state index is -0.759. The van der Waals surface area contributed by atoms with E-state index in [9.17, 15) is 14.7 Å². The van der Waals surface area contributed by atoms with E-state index in [0.717, 1.165) is 0 Å². The van der Waals surface area contributed by atoms with Gasteiger partial charge < -0.3 is 14.6 Å². The first-order chi connectivity index (χ1) is 9.74. The molecule has 0 aromatic rings. The van der Waals surface area contributed by atoms with Crippen LogP contribution >= 0.6 is 0 Å². The number of methoxy groups -OCH3 is 1. The van der Waals surface area contributed by atoms with Crippen molar-refractivity contribution in [3.8, 4) is 0 Å². The third kappa shape index (κ3) is 7.90. The number of esters is 1. The van der Waals surface area contributed by atoms with E-state index in [0.29, 0.717) is 0 Å². The number of likely N-dealkylation sites (tertiary alicyclic amines) is 1. The van der Waals surface area contributed by atoms with Crippen LogP contribution in [0.3, 0.4) is 0 Å². The van der Waals surface area contributed by atoms with Crippen LogP contribution in [0, 0.1) is 0 Å². The zero-order valence-electron chi connectivity index (χ0n) is 14.6. The second-order valence-corrected chi connectivity index (χ2v) is 5.06. The topological polar surface area (TPSA) is 76.1 Å². The first-order valence-corrected chi connectivity index (χ1v) is 7.50. The van der Waals surface area contributed by atoms with Crippen LogP contribution in [0.4, 0.5) is 4.79 Å². The normalized spacial score (nSPS) is 20.5. The van der Waals surface area contributed by atoms with Crippen LogP contribution in [-0.4, -0.2) is 53.5 Å². The molecule has 1 rings (SSSR count). The van der Waals surface area contributed by atoms with Gasteiger partial charge in [0.2, 0.25) is 0 Å². The fraction of sp³-hybridized carbons (Fsp3) is 0.867. The van der Waals surface area contributed by atoms with E-state index in [4.69, 9.17) is 4.74 Å². The molecule has 0 spiro atoms. The molecule has 1 fully saturated rings. The number of aliphatic hydroxyl groups is 1. The second-order valence-electron chi connectivity index (χ2n) is 5.06. The monoisotopic (exact) mass is 305 g/mol. The SMILES string of the molecule is CC.CC.COC(=O)[C@@H]1CC(O)CN1C(=O)OC(C)(C)C. The Balaban J connectivity index is 0. The fourth-order valence-corrected chi connectivity index (χ4v) is 1.70. The Morgan fingerprint density at radius 3 is 2.00 bits per heavy atom. The van der Waals surface area contributed by atoms with Crippen molar-refractivity contribution < 1.29 is 24.2 Å². The second kappa shape index (κ2) is 10.4. The Kier molecular flexibility index (Phi) is 10.9. The highest BCUT2D eigenvalue weighted by molar-refractivity contribution is 5.82. The smallest absolute Gasteiger partial charge is 0.411 e. The van der Waals surface area contributed by atoms with Gasteiger partial charge in [-0.25, -0.2) is 9.59 Å². The lowest BCUT2D eigenvalue weighted by atomic mass is 10.2. The molecule has 1 heterocycles. The molecule has 1 saturated heterocycles. The Morgan fingerprint density at radius 2 is 1.62 bits per heavy atom. The number of nitrogens with zero attached hydrogens (tertiary/aromatic N) is 1. The van der Waals surface area contributed by atoms with Crippen molar-refractivity contribution >= 4 is 12.1 Å². The molecule has 126 valence electrons. The van der Waals surface area contributed by atoms with Crippen molar-refractivity contribution in [1.29, 1.82) is 0 Å². The van der Waals surface area contributed by atoms with Crippen molar-refractivity contribution in [2.75, 3.05) is 13.7 Å². The highest BCUT2D eigenvalue weighted by atomic mass is 16.6.